The number of imidazole rings is 1. The Labute approximate surface area is 128 Å². The zero-order chi connectivity index (χ0) is 15.3. The van der Waals surface area contributed by atoms with Crippen LogP contribution in [0.15, 0.2) is 42.6 Å². The third-order valence-corrected chi connectivity index (χ3v) is 4.17. The highest BCUT2D eigenvalue weighted by Crippen LogP contribution is 2.31. The molecule has 4 heteroatoms. The van der Waals surface area contributed by atoms with Crippen molar-refractivity contribution in [3.63, 3.8) is 0 Å². The number of H-pyrrole nitrogens is 1. The summed E-state index contributed by atoms with van der Waals surface area (Å²) in [5, 5.41) is 0.952. The summed E-state index contributed by atoms with van der Waals surface area (Å²) >= 11 is 0. The molecule has 0 aliphatic heterocycles. The van der Waals surface area contributed by atoms with E-state index in [0.29, 0.717) is 5.69 Å². The molecular weight excluding hydrogens is 272 g/mol. The summed E-state index contributed by atoms with van der Waals surface area (Å²) in [6.07, 6.45) is 1.79. The van der Waals surface area contributed by atoms with Crippen molar-refractivity contribution in [2.45, 2.75) is 13.8 Å². The van der Waals surface area contributed by atoms with Gasteiger partial charge in [-0.05, 0) is 43.2 Å². The average molecular weight is 288 g/mol. The third-order valence-electron chi connectivity index (χ3n) is 4.17. The van der Waals surface area contributed by atoms with Gasteiger partial charge >= 0.3 is 0 Å². The molecule has 2 aromatic heterocycles. The van der Waals surface area contributed by atoms with E-state index in [1.807, 2.05) is 24.3 Å². The lowest BCUT2D eigenvalue weighted by atomic mass is 10.1. The van der Waals surface area contributed by atoms with Crippen LogP contribution in [0.1, 0.15) is 11.1 Å². The molecule has 4 rings (SSSR count). The molecule has 22 heavy (non-hydrogen) atoms. The minimum absolute atomic E-state index is 0.707. The van der Waals surface area contributed by atoms with E-state index in [1.54, 1.807) is 6.20 Å². The Kier molecular flexibility index (Phi) is 2.66. The number of nitrogens with two attached hydrogens (primary N) is 1. The minimum Gasteiger partial charge on any atom is -0.398 e. The Morgan fingerprint density at radius 1 is 1.00 bits per heavy atom. The summed E-state index contributed by atoms with van der Waals surface area (Å²) in [4.78, 5) is 12.5. The molecule has 4 aromatic rings. The van der Waals surface area contributed by atoms with Gasteiger partial charge in [0.1, 0.15) is 5.82 Å². The number of benzene rings is 2. The molecule has 0 spiro atoms. The van der Waals surface area contributed by atoms with Crippen molar-refractivity contribution in [1.29, 1.82) is 0 Å². The van der Waals surface area contributed by atoms with E-state index in [1.165, 1.54) is 11.1 Å². The second-order valence-electron chi connectivity index (χ2n) is 5.64. The number of pyridine rings is 1. The van der Waals surface area contributed by atoms with Crippen LogP contribution in [-0.4, -0.2) is 15.0 Å². The lowest BCUT2D eigenvalue weighted by Gasteiger charge is -2.05. The van der Waals surface area contributed by atoms with E-state index < -0.39 is 0 Å². The van der Waals surface area contributed by atoms with Crippen molar-refractivity contribution >= 4 is 27.6 Å². The van der Waals surface area contributed by atoms with Crippen LogP contribution in [0.3, 0.4) is 0 Å². The standard InChI is InChI=1S/C18H16N4/c1-10-7-15-16(8-11(10)2)22-18(21-15)13-9-20-14-6-4-3-5-12(14)17(13)19/h3-9H,1-2H3,(H2,19,20)(H,21,22). The molecule has 0 amide bonds. The SMILES string of the molecule is Cc1cc2nc(-c3cnc4ccccc4c3N)[nH]c2cc1C. The highest BCUT2D eigenvalue weighted by molar-refractivity contribution is 5.97. The van der Waals surface area contributed by atoms with Crippen LogP contribution in [-0.2, 0) is 0 Å². The van der Waals surface area contributed by atoms with Crippen LogP contribution in [0.5, 0.6) is 0 Å². The molecule has 0 saturated heterocycles. The van der Waals surface area contributed by atoms with Crippen LogP contribution in [0.4, 0.5) is 5.69 Å². The van der Waals surface area contributed by atoms with Crippen LogP contribution >= 0.6 is 0 Å². The number of nitrogens with zero attached hydrogens (tertiary/aromatic N) is 2. The van der Waals surface area contributed by atoms with Gasteiger partial charge in [0.15, 0.2) is 0 Å². The quantitative estimate of drug-likeness (QED) is 0.556. The van der Waals surface area contributed by atoms with Gasteiger partial charge in [-0.15, -0.1) is 0 Å². The number of anilines is 1. The van der Waals surface area contributed by atoms with Crippen molar-refractivity contribution in [3.8, 4) is 11.4 Å². The first kappa shape index (κ1) is 12.8. The monoisotopic (exact) mass is 288 g/mol. The van der Waals surface area contributed by atoms with Crippen LogP contribution in [0.25, 0.3) is 33.3 Å². The van der Waals surface area contributed by atoms with E-state index >= 15 is 0 Å². The highest BCUT2D eigenvalue weighted by atomic mass is 14.9. The number of hydrogen-bond donors (Lipinski definition) is 2. The molecule has 0 aliphatic carbocycles. The number of aromatic nitrogens is 3. The number of rotatable bonds is 1. The maximum Gasteiger partial charge on any atom is 0.142 e. The molecule has 3 N–H and O–H groups in total. The van der Waals surface area contributed by atoms with Crippen molar-refractivity contribution < 1.29 is 0 Å². The highest BCUT2D eigenvalue weighted by Gasteiger charge is 2.12. The molecular formula is C18H16N4. The van der Waals surface area contributed by atoms with Crippen molar-refractivity contribution in [3.05, 3.63) is 53.7 Å². The van der Waals surface area contributed by atoms with Gasteiger partial charge in [-0.3, -0.25) is 4.98 Å². The zero-order valence-electron chi connectivity index (χ0n) is 12.5. The molecule has 0 saturated carbocycles. The number of aromatic amines is 1. The van der Waals surface area contributed by atoms with Gasteiger partial charge in [-0.1, -0.05) is 18.2 Å². The fourth-order valence-corrected chi connectivity index (χ4v) is 2.75. The van der Waals surface area contributed by atoms with Crippen LogP contribution in [0, 0.1) is 13.8 Å². The summed E-state index contributed by atoms with van der Waals surface area (Å²) in [6, 6.07) is 12.1. The molecule has 0 atom stereocenters. The fourth-order valence-electron chi connectivity index (χ4n) is 2.75. The van der Waals surface area contributed by atoms with Crippen molar-refractivity contribution in [1.82, 2.24) is 15.0 Å². The molecule has 0 radical (unpaired) electrons. The Hall–Kier alpha value is -2.88. The van der Waals surface area contributed by atoms with Crippen molar-refractivity contribution in [2.75, 3.05) is 5.73 Å². The van der Waals surface area contributed by atoms with E-state index in [2.05, 4.69) is 40.9 Å². The Morgan fingerprint density at radius 3 is 2.64 bits per heavy atom. The molecule has 0 aliphatic rings. The second-order valence-corrected chi connectivity index (χ2v) is 5.64. The van der Waals surface area contributed by atoms with Gasteiger partial charge in [0.05, 0.1) is 27.8 Å². The van der Waals surface area contributed by atoms with Gasteiger partial charge < -0.3 is 10.7 Å². The van der Waals surface area contributed by atoms with Crippen LogP contribution in [0.2, 0.25) is 0 Å². The van der Waals surface area contributed by atoms with Gasteiger partial charge in [-0.2, -0.15) is 0 Å². The summed E-state index contributed by atoms with van der Waals surface area (Å²) < 4.78 is 0. The summed E-state index contributed by atoms with van der Waals surface area (Å²) in [5.74, 6) is 0.760. The molecule has 2 heterocycles. The first-order valence-corrected chi connectivity index (χ1v) is 7.24. The molecule has 108 valence electrons. The Morgan fingerprint density at radius 2 is 1.77 bits per heavy atom. The number of fused-ring (bicyclic) bond motifs is 2. The molecule has 0 unspecified atom stereocenters. The van der Waals surface area contributed by atoms with Gasteiger partial charge in [-0.25, -0.2) is 4.98 Å². The molecule has 4 nitrogen and oxygen atoms in total. The molecule has 0 fully saturated rings. The number of para-hydroxylation sites is 1. The smallest absolute Gasteiger partial charge is 0.142 e. The summed E-state index contributed by atoms with van der Waals surface area (Å²) in [7, 11) is 0. The Balaban J connectivity index is 1.97. The zero-order valence-corrected chi connectivity index (χ0v) is 12.5. The predicted octanol–water partition coefficient (Wildman–Crippen LogP) is 3.98. The van der Waals surface area contributed by atoms with E-state index in [-0.39, 0.29) is 0 Å². The summed E-state index contributed by atoms with van der Waals surface area (Å²) in [5.41, 5.74) is 13.2. The number of nitrogens with one attached hydrogen (secondary N) is 1. The first-order chi connectivity index (χ1) is 10.6. The van der Waals surface area contributed by atoms with Crippen LogP contribution < -0.4 is 5.73 Å². The maximum atomic E-state index is 6.33. The van der Waals surface area contributed by atoms with Gasteiger partial charge in [0, 0.05) is 11.6 Å². The molecule has 2 aromatic carbocycles. The number of nitrogen functional groups attached to an aromatic ring is 1. The normalized spacial score (nSPS) is 11.4. The average Bonchev–Trinajstić information content (AvgIpc) is 2.91. The van der Waals surface area contributed by atoms with Gasteiger partial charge in [0.2, 0.25) is 0 Å². The number of hydrogen-bond acceptors (Lipinski definition) is 3. The minimum atomic E-state index is 0.707. The second kappa shape index (κ2) is 4.56. The third kappa shape index (κ3) is 1.84. The van der Waals surface area contributed by atoms with E-state index in [4.69, 9.17) is 5.73 Å². The topological polar surface area (TPSA) is 67.6 Å². The fraction of sp³-hybridized carbons (Fsp3) is 0.111. The lowest BCUT2D eigenvalue weighted by molar-refractivity contribution is 1.31. The largest absolute Gasteiger partial charge is 0.398 e. The van der Waals surface area contributed by atoms with Gasteiger partial charge in [0.25, 0.3) is 0 Å². The number of aryl methyl sites for hydroxylation is 2. The predicted molar refractivity (Wildman–Crippen MR) is 90.7 cm³/mol. The lowest BCUT2D eigenvalue weighted by Crippen LogP contribution is -1.94. The first-order valence-electron chi connectivity index (χ1n) is 7.24. The van der Waals surface area contributed by atoms with Crippen molar-refractivity contribution in [2.24, 2.45) is 0 Å². The molecule has 0 bridgehead atoms. The van der Waals surface area contributed by atoms with E-state index in [0.717, 1.165) is 33.3 Å². The summed E-state index contributed by atoms with van der Waals surface area (Å²) in [6.45, 7) is 4.19. The Bertz CT molecular complexity index is 975. The van der Waals surface area contributed by atoms with E-state index in [9.17, 15) is 0 Å². The maximum absolute atomic E-state index is 6.33.